The maximum Gasteiger partial charge on any atom is 0.212 e. The third-order valence-corrected chi connectivity index (χ3v) is 2.77. The second-order valence-electron chi connectivity index (χ2n) is 3.88. The molecule has 0 aliphatic rings. The van der Waals surface area contributed by atoms with Crippen LogP contribution in [0.5, 0.6) is 5.88 Å². The molecule has 0 bridgehead atoms. The smallest absolute Gasteiger partial charge is 0.212 e. The molecule has 0 aromatic carbocycles. The van der Waals surface area contributed by atoms with E-state index in [4.69, 9.17) is 16.3 Å². The lowest BCUT2D eigenvalue weighted by atomic mass is 10.2. The van der Waals surface area contributed by atoms with Crippen LogP contribution < -0.4 is 10.1 Å². The van der Waals surface area contributed by atoms with Crippen LogP contribution in [0.4, 0.5) is 5.69 Å². The number of halogens is 1. The third-order valence-electron chi connectivity index (χ3n) is 2.57. The SMILES string of the molecule is COc1ccc(CNc2cnc(Cl)cc2C)cn1. The summed E-state index contributed by atoms with van der Waals surface area (Å²) >= 11 is 5.80. The highest BCUT2D eigenvalue weighted by molar-refractivity contribution is 6.29. The van der Waals surface area contributed by atoms with Gasteiger partial charge in [0, 0.05) is 18.8 Å². The first-order valence-corrected chi connectivity index (χ1v) is 5.92. The van der Waals surface area contributed by atoms with E-state index in [1.165, 1.54) is 0 Å². The van der Waals surface area contributed by atoms with Crippen LogP contribution in [-0.2, 0) is 6.54 Å². The Balaban J connectivity index is 2.02. The van der Waals surface area contributed by atoms with Gasteiger partial charge < -0.3 is 10.1 Å². The first-order valence-electron chi connectivity index (χ1n) is 5.54. The monoisotopic (exact) mass is 263 g/mol. The zero-order chi connectivity index (χ0) is 13.0. The molecule has 2 rings (SSSR count). The van der Waals surface area contributed by atoms with Crippen molar-refractivity contribution in [1.82, 2.24) is 9.97 Å². The number of nitrogens with zero attached hydrogens (tertiary/aromatic N) is 2. The Hall–Kier alpha value is -1.81. The van der Waals surface area contributed by atoms with E-state index in [0.717, 1.165) is 16.8 Å². The molecule has 2 aromatic rings. The maximum atomic E-state index is 5.80. The predicted molar refractivity (Wildman–Crippen MR) is 72.1 cm³/mol. The second-order valence-corrected chi connectivity index (χ2v) is 4.27. The number of aryl methyl sites for hydroxylation is 1. The van der Waals surface area contributed by atoms with Crippen molar-refractivity contribution in [1.29, 1.82) is 0 Å². The van der Waals surface area contributed by atoms with Gasteiger partial charge in [0.15, 0.2) is 0 Å². The number of rotatable bonds is 4. The molecule has 0 spiro atoms. The van der Waals surface area contributed by atoms with Crippen molar-refractivity contribution in [2.45, 2.75) is 13.5 Å². The van der Waals surface area contributed by atoms with Crippen molar-refractivity contribution in [2.75, 3.05) is 12.4 Å². The van der Waals surface area contributed by atoms with Crippen molar-refractivity contribution in [3.8, 4) is 5.88 Å². The Morgan fingerprint density at radius 3 is 2.72 bits per heavy atom. The molecule has 18 heavy (non-hydrogen) atoms. The Kier molecular flexibility index (Phi) is 3.99. The summed E-state index contributed by atoms with van der Waals surface area (Å²) in [6, 6.07) is 5.64. The standard InChI is InChI=1S/C13H14ClN3O/c1-9-5-12(14)16-8-11(9)15-6-10-3-4-13(18-2)17-7-10/h3-5,7-8,15H,6H2,1-2H3. The molecular formula is C13H14ClN3O. The number of pyridine rings is 2. The van der Waals surface area contributed by atoms with Gasteiger partial charge in [-0.15, -0.1) is 0 Å². The van der Waals surface area contributed by atoms with Crippen molar-refractivity contribution < 1.29 is 4.74 Å². The lowest BCUT2D eigenvalue weighted by Gasteiger charge is -2.09. The van der Waals surface area contributed by atoms with Crippen LogP contribution in [-0.4, -0.2) is 17.1 Å². The van der Waals surface area contributed by atoms with E-state index in [9.17, 15) is 0 Å². The van der Waals surface area contributed by atoms with Gasteiger partial charge in [0.05, 0.1) is 19.0 Å². The van der Waals surface area contributed by atoms with Gasteiger partial charge in [-0.05, 0) is 24.1 Å². The number of hydrogen-bond donors (Lipinski definition) is 1. The summed E-state index contributed by atoms with van der Waals surface area (Å²) in [4.78, 5) is 8.19. The molecule has 0 aliphatic carbocycles. The highest BCUT2D eigenvalue weighted by Gasteiger charge is 2.01. The molecule has 5 heteroatoms. The van der Waals surface area contributed by atoms with Gasteiger partial charge in [-0.2, -0.15) is 0 Å². The van der Waals surface area contributed by atoms with Crippen LogP contribution >= 0.6 is 11.6 Å². The minimum atomic E-state index is 0.504. The Morgan fingerprint density at radius 2 is 2.11 bits per heavy atom. The van der Waals surface area contributed by atoms with Gasteiger partial charge >= 0.3 is 0 Å². The molecule has 0 atom stereocenters. The summed E-state index contributed by atoms with van der Waals surface area (Å²) < 4.78 is 5.01. The minimum Gasteiger partial charge on any atom is -0.481 e. The summed E-state index contributed by atoms with van der Waals surface area (Å²) in [6.45, 7) is 2.67. The fourth-order valence-corrected chi connectivity index (χ4v) is 1.75. The average molecular weight is 264 g/mol. The van der Waals surface area contributed by atoms with Crippen LogP contribution in [0.2, 0.25) is 5.15 Å². The summed E-state index contributed by atoms with van der Waals surface area (Å²) in [5, 5.41) is 3.80. The highest BCUT2D eigenvalue weighted by atomic mass is 35.5. The minimum absolute atomic E-state index is 0.504. The molecule has 0 radical (unpaired) electrons. The second kappa shape index (κ2) is 5.69. The third kappa shape index (κ3) is 3.11. The highest BCUT2D eigenvalue weighted by Crippen LogP contribution is 2.17. The Morgan fingerprint density at radius 1 is 1.28 bits per heavy atom. The largest absolute Gasteiger partial charge is 0.481 e. The Labute approximate surface area is 111 Å². The van der Waals surface area contributed by atoms with Crippen LogP contribution in [0.1, 0.15) is 11.1 Å². The number of anilines is 1. The number of aromatic nitrogens is 2. The first-order chi connectivity index (χ1) is 8.69. The van der Waals surface area contributed by atoms with Crippen LogP contribution in [0, 0.1) is 6.92 Å². The fraction of sp³-hybridized carbons (Fsp3) is 0.231. The van der Waals surface area contributed by atoms with E-state index in [-0.39, 0.29) is 0 Å². The van der Waals surface area contributed by atoms with Gasteiger partial charge in [-0.25, -0.2) is 9.97 Å². The first kappa shape index (κ1) is 12.6. The molecule has 2 heterocycles. The number of nitrogens with one attached hydrogen (secondary N) is 1. The van der Waals surface area contributed by atoms with Gasteiger partial charge in [-0.1, -0.05) is 17.7 Å². The van der Waals surface area contributed by atoms with Crippen molar-refractivity contribution in [3.63, 3.8) is 0 Å². The van der Waals surface area contributed by atoms with Gasteiger partial charge in [0.1, 0.15) is 5.15 Å². The van der Waals surface area contributed by atoms with Crippen LogP contribution in [0.25, 0.3) is 0 Å². The predicted octanol–water partition coefficient (Wildman–Crippen LogP) is 3.06. The van der Waals surface area contributed by atoms with E-state index in [2.05, 4.69) is 15.3 Å². The topological polar surface area (TPSA) is 47.0 Å². The Bertz CT molecular complexity index is 528. The molecule has 94 valence electrons. The summed E-state index contributed by atoms with van der Waals surface area (Å²) in [6.07, 6.45) is 3.51. The number of hydrogen-bond acceptors (Lipinski definition) is 4. The molecule has 0 amide bonds. The molecule has 0 fully saturated rings. The van der Waals surface area contributed by atoms with E-state index in [0.29, 0.717) is 17.6 Å². The van der Waals surface area contributed by atoms with E-state index >= 15 is 0 Å². The van der Waals surface area contributed by atoms with Crippen LogP contribution in [0.15, 0.2) is 30.6 Å². The number of ether oxygens (including phenoxy) is 1. The van der Waals surface area contributed by atoms with Gasteiger partial charge in [0.25, 0.3) is 0 Å². The molecule has 0 unspecified atom stereocenters. The molecule has 1 N–H and O–H groups in total. The van der Waals surface area contributed by atoms with E-state index in [1.807, 2.05) is 25.1 Å². The van der Waals surface area contributed by atoms with Crippen molar-refractivity contribution >= 4 is 17.3 Å². The van der Waals surface area contributed by atoms with Crippen LogP contribution in [0.3, 0.4) is 0 Å². The lowest BCUT2D eigenvalue weighted by Crippen LogP contribution is -2.02. The fourth-order valence-electron chi connectivity index (χ4n) is 1.54. The molecule has 0 saturated carbocycles. The van der Waals surface area contributed by atoms with Gasteiger partial charge in [0.2, 0.25) is 5.88 Å². The van der Waals surface area contributed by atoms with E-state index in [1.54, 1.807) is 19.5 Å². The normalized spacial score (nSPS) is 10.2. The summed E-state index contributed by atoms with van der Waals surface area (Å²) in [5.41, 5.74) is 3.11. The molecule has 4 nitrogen and oxygen atoms in total. The average Bonchev–Trinajstić information content (AvgIpc) is 2.38. The molecule has 0 saturated heterocycles. The zero-order valence-electron chi connectivity index (χ0n) is 10.3. The molecular weight excluding hydrogens is 250 g/mol. The van der Waals surface area contributed by atoms with Crippen molar-refractivity contribution in [2.24, 2.45) is 0 Å². The van der Waals surface area contributed by atoms with E-state index < -0.39 is 0 Å². The van der Waals surface area contributed by atoms with Crippen molar-refractivity contribution in [3.05, 3.63) is 46.9 Å². The summed E-state index contributed by atoms with van der Waals surface area (Å²) in [7, 11) is 1.60. The van der Waals surface area contributed by atoms with Gasteiger partial charge in [-0.3, -0.25) is 0 Å². The quantitative estimate of drug-likeness (QED) is 0.862. The zero-order valence-corrected chi connectivity index (χ0v) is 11.0. The molecule has 2 aromatic heterocycles. The molecule has 0 aliphatic heterocycles. The maximum absolute atomic E-state index is 5.80. The number of methoxy groups -OCH3 is 1. The summed E-state index contributed by atoms with van der Waals surface area (Å²) in [5.74, 6) is 0.614. The lowest BCUT2D eigenvalue weighted by molar-refractivity contribution is 0.397.